The number of esters is 1. The van der Waals surface area contributed by atoms with Crippen molar-refractivity contribution in [1.82, 2.24) is 5.32 Å². The third-order valence-corrected chi connectivity index (χ3v) is 4.80. The number of carbonyl (C=O) groups excluding carboxylic acids is 2. The van der Waals surface area contributed by atoms with Crippen LogP contribution in [0.5, 0.6) is 0 Å². The van der Waals surface area contributed by atoms with Gasteiger partial charge in [0, 0.05) is 0 Å². The predicted octanol–water partition coefficient (Wildman–Crippen LogP) is 1.94. The highest BCUT2D eigenvalue weighted by Crippen LogP contribution is 2.19. The molecule has 0 radical (unpaired) electrons. The monoisotopic (exact) mass is 385 g/mol. The van der Waals surface area contributed by atoms with Gasteiger partial charge < -0.3 is 25.4 Å². The van der Waals surface area contributed by atoms with E-state index in [0.717, 1.165) is 19.3 Å². The third-order valence-electron chi connectivity index (χ3n) is 4.80. The normalized spacial score (nSPS) is 23.6. The Labute approximate surface area is 161 Å². The lowest BCUT2D eigenvalue weighted by molar-refractivity contribution is -0.153. The molecule has 1 aliphatic rings. The Kier molecular flexibility index (Phi) is 12.0. The van der Waals surface area contributed by atoms with Crippen molar-refractivity contribution in [3.8, 4) is 0 Å². The molecule has 1 saturated heterocycles. The number of carbonyl (C=O) groups is 2. The summed E-state index contributed by atoms with van der Waals surface area (Å²) >= 11 is 0. The second kappa shape index (κ2) is 13.7. The van der Waals surface area contributed by atoms with Crippen LogP contribution in [-0.4, -0.2) is 51.6 Å². The van der Waals surface area contributed by atoms with Crippen molar-refractivity contribution in [2.75, 3.05) is 0 Å². The molecular weight excluding hydrogens is 350 g/mol. The number of aliphatic hydroxyl groups is 3. The molecule has 1 heterocycles. The van der Waals surface area contributed by atoms with Crippen LogP contribution < -0.4 is 5.32 Å². The molecule has 7 nitrogen and oxygen atoms in total. The number of ether oxygens (including phenoxy) is 1. The number of nitrogens with one attached hydrogen (secondary N) is 1. The summed E-state index contributed by atoms with van der Waals surface area (Å²) in [6, 6.07) is 0. The maximum Gasteiger partial charge on any atom is 0.338 e. The van der Waals surface area contributed by atoms with Crippen molar-refractivity contribution < 1.29 is 29.6 Å². The quantitative estimate of drug-likeness (QED) is 0.268. The van der Waals surface area contributed by atoms with Gasteiger partial charge in [-0.2, -0.15) is 0 Å². The fraction of sp³-hybridized carbons (Fsp3) is 0.800. The lowest BCUT2D eigenvalue weighted by atomic mass is 10.1. The molecule has 0 unspecified atom stereocenters. The fourth-order valence-corrected chi connectivity index (χ4v) is 3.05. The molecule has 156 valence electrons. The smallest absolute Gasteiger partial charge is 0.338 e. The summed E-state index contributed by atoms with van der Waals surface area (Å²) in [6.45, 7) is 2.23. The highest BCUT2D eigenvalue weighted by Gasteiger charge is 2.48. The molecule has 27 heavy (non-hydrogen) atoms. The van der Waals surface area contributed by atoms with Gasteiger partial charge in [0.1, 0.15) is 6.10 Å². The van der Waals surface area contributed by atoms with Crippen LogP contribution in [0.1, 0.15) is 77.6 Å². The zero-order valence-corrected chi connectivity index (χ0v) is 16.3. The van der Waals surface area contributed by atoms with E-state index >= 15 is 0 Å². The van der Waals surface area contributed by atoms with Crippen LogP contribution in [0.4, 0.5) is 0 Å². The molecule has 1 amide bonds. The number of allylic oxidation sites excluding steroid dienone is 1. The molecule has 1 fully saturated rings. The zero-order chi connectivity index (χ0) is 20.1. The van der Waals surface area contributed by atoms with Gasteiger partial charge in [-0.15, -0.1) is 0 Å². The van der Waals surface area contributed by atoms with E-state index in [1.54, 1.807) is 6.08 Å². The maximum atomic E-state index is 11.8. The van der Waals surface area contributed by atoms with Crippen LogP contribution >= 0.6 is 0 Å². The van der Waals surface area contributed by atoms with E-state index in [1.807, 2.05) is 0 Å². The number of rotatable bonds is 14. The Balaban J connectivity index is 2.03. The Morgan fingerprint density at radius 3 is 2.15 bits per heavy atom. The first-order chi connectivity index (χ1) is 13.0. The molecule has 0 aromatic heterocycles. The fourth-order valence-electron chi connectivity index (χ4n) is 3.05. The van der Waals surface area contributed by atoms with E-state index < -0.39 is 36.3 Å². The average Bonchev–Trinajstić information content (AvgIpc) is 2.92. The molecule has 1 rings (SSSR count). The maximum absolute atomic E-state index is 11.8. The summed E-state index contributed by atoms with van der Waals surface area (Å²) in [6.07, 6.45) is 10.2. The van der Waals surface area contributed by atoms with Crippen LogP contribution in [0.2, 0.25) is 0 Å². The van der Waals surface area contributed by atoms with Crippen LogP contribution in [-0.2, 0) is 14.3 Å². The number of unbranched alkanes of at least 4 members (excludes halogenated alkanes) is 10. The van der Waals surface area contributed by atoms with Crippen molar-refractivity contribution in [3.05, 3.63) is 12.3 Å². The van der Waals surface area contributed by atoms with E-state index in [-0.39, 0.29) is 0 Å². The lowest BCUT2D eigenvalue weighted by Gasteiger charge is -2.18. The molecule has 0 bridgehead atoms. The van der Waals surface area contributed by atoms with Crippen LogP contribution in [0.3, 0.4) is 0 Å². The Morgan fingerprint density at radius 1 is 1.07 bits per heavy atom. The van der Waals surface area contributed by atoms with E-state index in [4.69, 9.17) is 0 Å². The van der Waals surface area contributed by atoms with E-state index in [2.05, 4.69) is 17.0 Å². The first kappa shape index (κ1) is 23.6. The summed E-state index contributed by atoms with van der Waals surface area (Å²) in [5, 5.41) is 31.1. The molecule has 0 aromatic carbocycles. The topological polar surface area (TPSA) is 116 Å². The average molecular weight is 386 g/mol. The summed E-state index contributed by atoms with van der Waals surface area (Å²) in [4.78, 5) is 22.9. The summed E-state index contributed by atoms with van der Waals surface area (Å²) in [5.41, 5.74) is 0. The molecule has 0 aromatic rings. The van der Waals surface area contributed by atoms with Crippen molar-refractivity contribution in [3.63, 3.8) is 0 Å². The summed E-state index contributed by atoms with van der Waals surface area (Å²) in [5.74, 6) is -1.84. The molecular formula is C20H35NO6. The molecule has 0 spiro atoms. The van der Waals surface area contributed by atoms with Gasteiger partial charge in [0.25, 0.3) is 5.91 Å². The largest absolute Gasteiger partial charge is 0.454 e. The molecule has 4 atom stereocenters. The second-order valence-electron chi connectivity index (χ2n) is 7.16. The van der Waals surface area contributed by atoms with E-state index in [9.17, 15) is 24.9 Å². The molecule has 7 heteroatoms. The third kappa shape index (κ3) is 8.86. The van der Waals surface area contributed by atoms with Gasteiger partial charge >= 0.3 is 5.97 Å². The minimum atomic E-state index is -1.73. The molecule has 0 aliphatic carbocycles. The highest BCUT2D eigenvalue weighted by atomic mass is 16.6. The van der Waals surface area contributed by atoms with Gasteiger partial charge in [-0.25, -0.2) is 4.79 Å². The van der Waals surface area contributed by atoms with Crippen molar-refractivity contribution in [1.29, 1.82) is 0 Å². The number of hydrogen-bond acceptors (Lipinski definition) is 6. The van der Waals surface area contributed by atoms with Crippen molar-refractivity contribution in [2.45, 2.75) is 102 Å². The Bertz CT molecular complexity index is 467. The molecule has 0 saturated carbocycles. The van der Waals surface area contributed by atoms with E-state index in [1.165, 1.54) is 57.6 Å². The molecule has 1 aliphatic heterocycles. The van der Waals surface area contributed by atoms with Crippen molar-refractivity contribution >= 4 is 11.9 Å². The van der Waals surface area contributed by atoms with Crippen molar-refractivity contribution in [2.24, 2.45) is 0 Å². The van der Waals surface area contributed by atoms with Gasteiger partial charge in [-0.1, -0.05) is 70.8 Å². The Hall–Kier alpha value is -1.44. The lowest BCUT2D eigenvalue weighted by Crippen LogP contribution is -2.46. The summed E-state index contributed by atoms with van der Waals surface area (Å²) < 4.78 is 4.61. The van der Waals surface area contributed by atoms with Gasteiger partial charge in [0.05, 0.1) is 0 Å². The standard InChI is InChI=1S/C20H35NO6/c1-2-3-4-5-6-7-8-9-10-11-12-13-14-21-19(25)17(24)18-15(22)16(23)20(26)27-18/h13-18,22-24H,2-12H2,1H3,(H,21,25)/b14-13+/t15-,16+,17-,18+/m1/s1. The second-order valence-corrected chi connectivity index (χ2v) is 7.16. The van der Waals surface area contributed by atoms with Gasteiger partial charge in [0.2, 0.25) is 0 Å². The summed E-state index contributed by atoms with van der Waals surface area (Å²) in [7, 11) is 0. The van der Waals surface area contributed by atoms with Gasteiger partial charge in [0.15, 0.2) is 18.3 Å². The minimum Gasteiger partial charge on any atom is -0.454 e. The first-order valence-corrected chi connectivity index (χ1v) is 10.2. The SMILES string of the molecule is CCCCCCCCCCCC/C=C/NC(=O)[C@H](O)[C@H]1OC(=O)[C@@H](O)[C@H]1O. The predicted molar refractivity (Wildman–Crippen MR) is 102 cm³/mol. The molecule has 4 N–H and O–H groups in total. The van der Waals surface area contributed by atoms with Crippen LogP contribution in [0, 0.1) is 0 Å². The zero-order valence-electron chi connectivity index (χ0n) is 16.3. The highest BCUT2D eigenvalue weighted by molar-refractivity contribution is 5.84. The Morgan fingerprint density at radius 2 is 1.63 bits per heavy atom. The number of cyclic esters (lactones) is 1. The van der Waals surface area contributed by atoms with E-state index in [0.29, 0.717) is 0 Å². The van der Waals surface area contributed by atoms with Gasteiger partial charge in [-0.05, 0) is 19.0 Å². The van der Waals surface area contributed by atoms with Crippen LogP contribution in [0.15, 0.2) is 12.3 Å². The minimum absolute atomic E-state index is 0.791. The number of amides is 1. The van der Waals surface area contributed by atoms with Gasteiger partial charge in [-0.3, -0.25) is 4.79 Å². The first-order valence-electron chi connectivity index (χ1n) is 10.2. The number of aliphatic hydroxyl groups excluding tert-OH is 3. The number of hydrogen-bond donors (Lipinski definition) is 4. The van der Waals surface area contributed by atoms with Crippen LogP contribution in [0.25, 0.3) is 0 Å².